The summed E-state index contributed by atoms with van der Waals surface area (Å²) in [5, 5.41) is 15.8. The van der Waals surface area contributed by atoms with Gasteiger partial charge in [-0.05, 0) is 25.0 Å². The Hall–Kier alpha value is -1.37. The van der Waals surface area contributed by atoms with Crippen molar-refractivity contribution >= 4 is 5.82 Å². The Kier molecular flexibility index (Phi) is 3.19. The van der Waals surface area contributed by atoms with Gasteiger partial charge in [-0.2, -0.15) is 13.2 Å². The van der Waals surface area contributed by atoms with Crippen molar-refractivity contribution in [3.63, 3.8) is 0 Å². The fourth-order valence-corrected chi connectivity index (χ4v) is 1.96. The molecule has 7 heteroatoms. The predicted octanol–water partition coefficient (Wildman–Crippen LogP) is 1.46. The van der Waals surface area contributed by atoms with E-state index in [1.165, 1.54) is 6.07 Å². The van der Waals surface area contributed by atoms with Crippen LogP contribution in [0.4, 0.5) is 19.0 Å². The van der Waals surface area contributed by atoms with Crippen molar-refractivity contribution in [1.82, 2.24) is 10.2 Å². The molecule has 0 radical (unpaired) electrons. The van der Waals surface area contributed by atoms with Crippen LogP contribution in [0, 0.1) is 0 Å². The maximum atomic E-state index is 12.3. The van der Waals surface area contributed by atoms with Crippen molar-refractivity contribution < 1.29 is 18.3 Å². The zero-order valence-electron chi connectivity index (χ0n) is 8.98. The van der Waals surface area contributed by atoms with Gasteiger partial charge >= 0.3 is 6.18 Å². The minimum absolute atomic E-state index is 0.0251. The maximum absolute atomic E-state index is 12.3. The van der Waals surface area contributed by atoms with E-state index in [0.29, 0.717) is 12.4 Å². The van der Waals surface area contributed by atoms with E-state index in [1.54, 1.807) is 4.90 Å². The Morgan fingerprint density at radius 2 is 2.12 bits per heavy atom. The Labute approximate surface area is 96.1 Å². The molecule has 17 heavy (non-hydrogen) atoms. The van der Waals surface area contributed by atoms with Gasteiger partial charge in [-0.15, -0.1) is 10.2 Å². The second kappa shape index (κ2) is 4.48. The van der Waals surface area contributed by atoms with Crippen molar-refractivity contribution in [3.05, 3.63) is 17.8 Å². The van der Waals surface area contributed by atoms with Crippen LogP contribution < -0.4 is 4.90 Å². The first-order chi connectivity index (χ1) is 8.02. The molecule has 1 aliphatic heterocycles. The molecule has 1 aliphatic rings. The minimum atomic E-state index is -4.47. The second-order valence-electron chi connectivity index (χ2n) is 3.95. The summed E-state index contributed by atoms with van der Waals surface area (Å²) >= 11 is 0. The summed E-state index contributed by atoms with van der Waals surface area (Å²) in [5.41, 5.74) is -0.999. The van der Waals surface area contributed by atoms with Gasteiger partial charge < -0.3 is 10.0 Å². The van der Waals surface area contributed by atoms with Gasteiger partial charge in [0.05, 0.1) is 12.6 Å². The summed E-state index contributed by atoms with van der Waals surface area (Å²) in [6, 6.07) is 2.14. The molecule has 2 heterocycles. The van der Waals surface area contributed by atoms with E-state index in [9.17, 15) is 13.2 Å². The van der Waals surface area contributed by atoms with Crippen molar-refractivity contribution in [2.45, 2.75) is 25.1 Å². The number of aliphatic hydroxyl groups is 1. The highest BCUT2D eigenvalue weighted by atomic mass is 19.4. The summed E-state index contributed by atoms with van der Waals surface area (Å²) in [6.45, 7) is 0.661. The molecular weight excluding hydrogens is 235 g/mol. The van der Waals surface area contributed by atoms with Gasteiger partial charge in [-0.1, -0.05) is 0 Å². The van der Waals surface area contributed by atoms with Crippen LogP contribution in [0.3, 0.4) is 0 Å². The molecule has 0 saturated carbocycles. The first-order valence-electron chi connectivity index (χ1n) is 5.31. The lowest BCUT2D eigenvalue weighted by Crippen LogP contribution is -2.33. The van der Waals surface area contributed by atoms with Gasteiger partial charge in [0.1, 0.15) is 0 Å². The van der Waals surface area contributed by atoms with Crippen LogP contribution in [0.25, 0.3) is 0 Å². The third-order valence-electron chi connectivity index (χ3n) is 2.82. The molecular formula is C10H12F3N3O. The molecule has 1 atom stereocenters. The molecule has 1 N–H and O–H groups in total. The van der Waals surface area contributed by atoms with E-state index < -0.39 is 11.9 Å². The number of nitrogens with zero attached hydrogens (tertiary/aromatic N) is 3. The molecule has 0 amide bonds. The number of aromatic nitrogens is 2. The lowest BCUT2D eigenvalue weighted by Gasteiger charge is -2.23. The highest BCUT2D eigenvalue weighted by Gasteiger charge is 2.33. The van der Waals surface area contributed by atoms with Crippen molar-refractivity contribution in [1.29, 1.82) is 0 Å². The fraction of sp³-hybridized carbons (Fsp3) is 0.600. The number of aliphatic hydroxyl groups excluding tert-OH is 1. The molecule has 1 aromatic heterocycles. The molecule has 2 rings (SSSR count). The zero-order chi connectivity index (χ0) is 12.5. The first kappa shape index (κ1) is 12.1. The smallest absolute Gasteiger partial charge is 0.394 e. The number of rotatable bonds is 2. The van der Waals surface area contributed by atoms with Crippen LogP contribution in [0.5, 0.6) is 0 Å². The molecule has 1 fully saturated rings. The summed E-state index contributed by atoms with van der Waals surface area (Å²) < 4.78 is 36.9. The standard InChI is InChI=1S/C10H12F3N3O/c11-10(12,13)8-3-4-9(15-14-8)16-5-1-2-7(16)6-17/h3-4,7,17H,1-2,5-6H2/t7-/m0/s1. The second-order valence-corrected chi connectivity index (χ2v) is 3.95. The van der Waals surface area contributed by atoms with Gasteiger partial charge in [0, 0.05) is 6.54 Å². The predicted molar refractivity (Wildman–Crippen MR) is 54.5 cm³/mol. The van der Waals surface area contributed by atoms with Crippen LogP contribution in [-0.2, 0) is 6.18 Å². The van der Waals surface area contributed by atoms with Crippen LogP contribution >= 0.6 is 0 Å². The highest BCUT2D eigenvalue weighted by molar-refractivity contribution is 5.40. The van der Waals surface area contributed by atoms with E-state index in [-0.39, 0.29) is 12.6 Å². The lowest BCUT2D eigenvalue weighted by atomic mass is 10.2. The van der Waals surface area contributed by atoms with Crippen LogP contribution in [0.1, 0.15) is 18.5 Å². The topological polar surface area (TPSA) is 49.2 Å². The van der Waals surface area contributed by atoms with E-state index in [1.807, 2.05) is 0 Å². The van der Waals surface area contributed by atoms with Gasteiger partial charge in [0.15, 0.2) is 11.5 Å². The summed E-state index contributed by atoms with van der Waals surface area (Å²) in [5.74, 6) is 0.384. The van der Waals surface area contributed by atoms with E-state index in [0.717, 1.165) is 18.9 Å². The lowest BCUT2D eigenvalue weighted by molar-refractivity contribution is -0.141. The Balaban J connectivity index is 2.18. The first-order valence-corrected chi connectivity index (χ1v) is 5.31. The number of halogens is 3. The molecule has 1 saturated heterocycles. The van der Waals surface area contributed by atoms with Gasteiger partial charge in [-0.3, -0.25) is 0 Å². The Morgan fingerprint density at radius 1 is 1.35 bits per heavy atom. The Morgan fingerprint density at radius 3 is 2.65 bits per heavy atom. The Bertz CT molecular complexity index is 379. The third-order valence-corrected chi connectivity index (χ3v) is 2.82. The number of alkyl halides is 3. The van der Waals surface area contributed by atoms with Gasteiger partial charge in [-0.25, -0.2) is 0 Å². The monoisotopic (exact) mass is 247 g/mol. The summed E-state index contributed by atoms with van der Waals surface area (Å²) in [4.78, 5) is 1.78. The van der Waals surface area contributed by atoms with Crippen molar-refractivity contribution in [2.75, 3.05) is 18.1 Å². The fourth-order valence-electron chi connectivity index (χ4n) is 1.96. The molecule has 1 aromatic rings. The normalized spacial score (nSPS) is 20.9. The van der Waals surface area contributed by atoms with Crippen molar-refractivity contribution in [2.24, 2.45) is 0 Å². The molecule has 4 nitrogen and oxygen atoms in total. The quantitative estimate of drug-likeness (QED) is 0.859. The van der Waals surface area contributed by atoms with Gasteiger partial charge in [0.25, 0.3) is 0 Å². The minimum Gasteiger partial charge on any atom is -0.394 e. The summed E-state index contributed by atoms with van der Waals surface area (Å²) in [7, 11) is 0. The summed E-state index contributed by atoms with van der Waals surface area (Å²) in [6.07, 6.45) is -2.75. The van der Waals surface area contributed by atoms with Crippen LogP contribution in [0.15, 0.2) is 12.1 Å². The largest absolute Gasteiger partial charge is 0.435 e. The SMILES string of the molecule is OC[C@@H]1CCCN1c1ccc(C(F)(F)F)nn1. The average Bonchev–Trinajstić information content (AvgIpc) is 2.76. The third kappa shape index (κ3) is 2.49. The molecule has 0 aromatic carbocycles. The van der Waals surface area contributed by atoms with E-state index in [4.69, 9.17) is 5.11 Å². The van der Waals surface area contributed by atoms with Crippen LogP contribution in [0.2, 0.25) is 0 Å². The highest BCUT2D eigenvalue weighted by Crippen LogP contribution is 2.29. The molecule has 0 bridgehead atoms. The molecule has 94 valence electrons. The van der Waals surface area contributed by atoms with Gasteiger partial charge in [0.2, 0.25) is 0 Å². The molecule has 0 aliphatic carbocycles. The zero-order valence-corrected chi connectivity index (χ0v) is 8.98. The molecule has 0 unspecified atom stereocenters. The van der Waals surface area contributed by atoms with E-state index >= 15 is 0 Å². The number of hydrogen-bond acceptors (Lipinski definition) is 4. The number of hydrogen-bond donors (Lipinski definition) is 1. The maximum Gasteiger partial charge on any atom is 0.435 e. The average molecular weight is 247 g/mol. The number of anilines is 1. The van der Waals surface area contributed by atoms with Crippen LogP contribution in [-0.4, -0.2) is 34.5 Å². The molecule has 0 spiro atoms. The van der Waals surface area contributed by atoms with E-state index in [2.05, 4.69) is 10.2 Å². The van der Waals surface area contributed by atoms with Crippen molar-refractivity contribution in [3.8, 4) is 0 Å².